The molecule has 3 fully saturated rings. The number of carbonyl (C=O) groups is 2. The highest BCUT2D eigenvalue weighted by Gasteiger charge is 2.44. The molecule has 33 heavy (non-hydrogen) atoms. The normalized spacial score (nSPS) is 17.9. The predicted octanol–water partition coefficient (Wildman–Crippen LogP) is 3.09. The van der Waals surface area contributed by atoms with Gasteiger partial charge in [-0.15, -0.1) is 0 Å². The molecule has 0 radical (unpaired) electrons. The Kier molecular flexibility index (Phi) is 5.25. The van der Waals surface area contributed by atoms with E-state index < -0.39 is 5.54 Å². The maximum Gasteiger partial charge on any atom is 0.280 e. The molecule has 2 aromatic rings. The van der Waals surface area contributed by atoms with E-state index in [0.29, 0.717) is 35.8 Å². The lowest BCUT2D eigenvalue weighted by molar-refractivity contribution is 0.0940. The van der Waals surface area contributed by atoms with Gasteiger partial charge in [0.1, 0.15) is 5.54 Å². The molecule has 5 rings (SSSR count). The number of benzene rings is 2. The smallest absolute Gasteiger partial charge is 0.280 e. The second kappa shape index (κ2) is 8.24. The second-order valence-corrected chi connectivity index (χ2v) is 8.95. The summed E-state index contributed by atoms with van der Waals surface area (Å²) in [6.45, 7) is 3.42. The highest BCUT2D eigenvalue weighted by molar-refractivity contribution is 6.03. The number of hydrogen-bond acceptors (Lipinski definition) is 4. The molecule has 1 saturated heterocycles. The molecule has 1 heterocycles. The Hall–Kier alpha value is -3.86. The minimum Gasteiger partial charge on any atom is -0.355 e. The maximum atomic E-state index is 12.8. The molecular weight excluding hydrogens is 416 g/mol. The van der Waals surface area contributed by atoms with Crippen molar-refractivity contribution >= 4 is 29.1 Å². The first-order valence-corrected chi connectivity index (χ1v) is 11.3. The number of nitrogens with zero attached hydrogens (tertiary/aromatic N) is 2. The average Bonchev–Trinajstić information content (AvgIpc) is 3.74. The van der Waals surface area contributed by atoms with Crippen LogP contribution < -0.4 is 21.3 Å². The monoisotopic (exact) mass is 442 g/mol. The quantitative estimate of drug-likeness (QED) is 0.546. The summed E-state index contributed by atoms with van der Waals surface area (Å²) in [6.07, 6.45) is 3.56. The second-order valence-electron chi connectivity index (χ2n) is 8.95. The van der Waals surface area contributed by atoms with E-state index in [0.717, 1.165) is 48.4 Å². The third-order valence-corrected chi connectivity index (χ3v) is 6.40. The van der Waals surface area contributed by atoms with Crippen molar-refractivity contribution in [3.63, 3.8) is 0 Å². The van der Waals surface area contributed by atoms with Crippen LogP contribution in [0.5, 0.6) is 0 Å². The zero-order valence-corrected chi connectivity index (χ0v) is 18.5. The minimum absolute atomic E-state index is 0.230. The summed E-state index contributed by atoms with van der Waals surface area (Å²) < 4.78 is 0. The Balaban J connectivity index is 1.39. The molecule has 4 N–H and O–H groups in total. The van der Waals surface area contributed by atoms with Crippen LogP contribution in [-0.2, 0) is 0 Å². The van der Waals surface area contributed by atoms with Crippen LogP contribution in [0.15, 0.2) is 41.4 Å². The number of hydrogen-bond donors (Lipinski definition) is 4. The summed E-state index contributed by atoms with van der Waals surface area (Å²) in [5, 5.41) is 21.7. The van der Waals surface area contributed by atoms with Crippen LogP contribution in [0.3, 0.4) is 0 Å². The average molecular weight is 443 g/mol. The first kappa shape index (κ1) is 21.0. The largest absolute Gasteiger partial charge is 0.355 e. The molecule has 0 aromatic heterocycles. The molecular formula is C25H26N6O2. The summed E-state index contributed by atoms with van der Waals surface area (Å²) >= 11 is 0. The van der Waals surface area contributed by atoms with Crippen molar-refractivity contribution in [2.45, 2.75) is 44.1 Å². The minimum atomic E-state index is -0.707. The van der Waals surface area contributed by atoms with Gasteiger partial charge in [0.25, 0.3) is 11.8 Å². The van der Waals surface area contributed by atoms with Gasteiger partial charge in [0, 0.05) is 35.6 Å². The van der Waals surface area contributed by atoms with E-state index in [1.54, 1.807) is 12.1 Å². The van der Waals surface area contributed by atoms with E-state index in [-0.39, 0.29) is 11.8 Å². The number of guanidine groups is 1. The molecule has 0 atom stereocenters. The fourth-order valence-corrected chi connectivity index (χ4v) is 4.05. The SMILES string of the molecule is Cc1c(Nc2ccc(C(=O)N=C3NCCN3)cc2C2CC2)cccc1C(=O)NC1(C#N)CC1. The zero-order chi connectivity index (χ0) is 23.0. The van der Waals surface area contributed by atoms with Crippen LogP contribution in [-0.4, -0.2) is 36.4 Å². The van der Waals surface area contributed by atoms with Crippen molar-refractivity contribution in [1.82, 2.24) is 16.0 Å². The Morgan fingerprint density at radius 2 is 1.88 bits per heavy atom. The van der Waals surface area contributed by atoms with Gasteiger partial charge >= 0.3 is 0 Å². The van der Waals surface area contributed by atoms with Gasteiger partial charge in [0.2, 0.25) is 0 Å². The molecule has 8 nitrogen and oxygen atoms in total. The molecule has 0 unspecified atom stereocenters. The highest BCUT2D eigenvalue weighted by Crippen LogP contribution is 2.44. The molecule has 2 saturated carbocycles. The summed E-state index contributed by atoms with van der Waals surface area (Å²) in [4.78, 5) is 29.5. The van der Waals surface area contributed by atoms with Gasteiger partial charge in [-0.1, -0.05) is 6.07 Å². The molecule has 2 aliphatic carbocycles. The van der Waals surface area contributed by atoms with Gasteiger partial charge in [0.05, 0.1) is 6.07 Å². The van der Waals surface area contributed by atoms with E-state index in [4.69, 9.17) is 0 Å². The summed E-state index contributed by atoms with van der Waals surface area (Å²) in [5.41, 5.74) is 4.05. The molecule has 8 heteroatoms. The number of carbonyl (C=O) groups excluding carboxylic acids is 2. The van der Waals surface area contributed by atoms with Gasteiger partial charge in [-0.3, -0.25) is 9.59 Å². The van der Waals surface area contributed by atoms with Crippen molar-refractivity contribution in [3.05, 3.63) is 58.7 Å². The fourth-order valence-electron chi connectivity index (χ4n) is 4.05. The summed E-state index contributed by atoms with van der Waals surface area (Å²) in [5.74, 6) is 0.423. The van der Waals surface area contributed by atoms with Gasteiger partial charge in [-0.05, 0) is 80.0 Å². The lowest BCUT2D eigenvalue weighted by atomic mass is 10.0. The lowest BCUT2D eigenvalue weighted by Gasteiger charge is -2.17. The molecule has 1 aliphatic heterocycles. The molecule has 2 amide bonds. The number of anilines is 2. The van der Waals surface area contributed by atoms with Crippen molar-refractivity contribution in [2.24, 2.45) is 4.99 Å². The Bertz CT molecular complexity index is 1200. The number of aliphatic imine (C=N–C) groups is 1. The van der Waals surface area contributed by atoms with Gasteiger partial charge in [-0.2, -0.15) is 10.3 Å². The molecule has 168 valence electrons. The van der Waals surface area contributed by atoms with Crippen LogP contribution in [0, 0.1) is 18.3 Å². The molecule has 0 bridgehead atoms. The maximum absolute atomic E-state index is 12.8. The third-order valence-electron chi connectivity index (χ3n) is 6.40. The van der Waals surface area contributed by atoms with E-state index in [1.807, 2.05) is 31.2 Å². The van der Waals surface area contributed by atoms with Crippen LogP contribution in [0.2, 0.25) is 0 Å². The number of nitriles is 1. The Morgan fingerprint density at radius 1 is 1.12 bits per heavy atom. The fraction of sp³-hybridized carbons (Fsp3) is 0.360. The standard InChI is InChI=1S/C25H26N6O2/c1-15-18(23(33)31-25(14-26)9-10-25)3-2-4-20(15)29-21-8-7-17(13-19(21)16-5-6-16)22(32)30-24-27-11-12-28-24/h2-4,7-8,13,16,29H,5-6,9-12H2,1H3,(H,31,33)(H2,27,28,30,32). The number of rotatable bonds is 6. The van der Waals surface area contributed by atoms with Crippen molar-refractivity contribution < 1.29 is 9.59 Å². The molecule has 2 aromatic carbocycles. The van der Waals surface area contributed by atoms with Crippen LogP contribution >= 0.6 is 0 Å². The van der Waals surface area contributed by atoms with E-state index in [2.05, 4.69) is 32.3 Å². The number of amides is 2. The van der Waals surface area contributed by atoms with Gasteiger partial charge < -0.3 is 21.3 Å². The predicted molar refractivity (Wildman–Crippen MR) is 126 cm³/mol. The number of nitrogens with one attached hydrogen (secondary N) is 4. The molecule has 3 aliphatic rings. The van der Waals surface area contributed by atoms with Crippen molar-refractivity contribution in [2.75, 3.05) is 18.4 Å². The van der Waals surface area contributed by atoms with Crippen molar-refractivity contribution in [1.29, 1.82) is 5.26 Å². The zero-order valence-electron chi connectivity index (χ0n) is 18.5. The van der Waals surface area contributed by atoms with Gasteiger partial charge in [-0.25, -0.2) is 0 Å². The van der Waals surface area contributed by atoms with Crippen LogP contribution in [0.1, 0.15) is 63.4 Å². The summed E-state index contributed by atoms with van der Waals surface area (Å²) in [7, 11) is 0. The van der Waals surface area contributed by atoms with E-state index >= 15 is 0 Å². The highest BCUT2D eigenvalue weighted by atomic mass is 16.2. The first-order valence-electron chi connectivity index (χ1n) is 11.3. The first-order chi connectivity index (χ1) is 16.0. The topological polar surface area (TPSA) is 118 Å². The van der Waals surface area contributed by atoms with E-state index in [9.17, 15) is 14.9 Å². The molecule has 0 spiro atoms. The van der Waals surface area contributed by atoms with E-state index in [1.165, 1.54) is 0 Å². The summed E-state index contributed by atoms with van der Waals surface area (Å²) in [6, 6.07) is 13.4. The lowest BCUT2D eigenvalue weighted by Crippen LogP contribution is -2.35. The van der Waals surface area contributed by atoms with Crippen molar-refractivity contribution in [3.8, 4) is 6.07 Å². The van der Waals surface area contributed by atoms with Crippen LogP contribution in [0.4, 0.5) is 11.4 Å². The van der Waals surface area contributed by atoms with Crippen LogP contribution in [0.25, 0.3) is 0 Å². The third kappa shape index (κ3) is 4.40. The Morgan fingerprint density at radius 3 is 2.55 bits per heavy atom. The Labute approximate surface area is 192 Å². The van der Waals surface area contributed by atoms with Gasteiger partial charge in [0.15, 0.2) is 5.96 Å².